The van der Waals surface area contributed by atoms with Crippen LogP contribution in [0.4, 0.5) is 0 Å². The summed E-state index contributed by atoms with van der Waals surface area (Å²) in [6.45, 7) is 0. The van der Waals surface area contributed by atoms with Crippen LogP contribution in [0, 0.1) is 0 Å². The highest BCUT2D eigenvalue weighted by Crippen LogP contribution is 2.12. The average Bonchev–Trinajstić information content (AvgIpc) is 2.49. The van der Waals surface area contributed by atoms with Crippen molar-refractivity contribution in [3.63, 3.8) is 0 Å². The zero-order valence-electron chi connectivity index (χ0n) is 14.4. The Morgan fingerprint density at radius 2 is 0.864 bits per heavy atom. The van der Waals surface area contributed by atoms with Gasteiger partial charge in [0.2, 0.25) is 0 Å². The smallest absolute Gasteiger partial charge is 0.139 e. The minimum absolute atomic E-state index is 0.596. The first-order valence-electron chi connectivity index (χ1n) is 8.41. The Kier molecular flexibility index (Phi) is 14.9. The number of nitrogens with zero attached hydrogens (tertiary/aromatic N) is 2. The van der Waals surface area contributed by atoms with Crippen molar-refractivity contribution >= 4 is 11.7 Å². The van der Waals surface area contributed by atoms with E-state index in [-0.39, 0.29) is 0 Å². The van der Waals surface area contributed by atoms with E-state index < -0.39 is 0 Å². The van der Waals surface area contributed by atoms with Crippen molar-refractivity contribution in [1.82, 2.24) is 0 Å². The first kappa shape index (κ1) is 20.5. The molecule has 0 aliphatic carbocycles. The molecule has 0 saturated carbocycles. The monoisotopic (exact) mass is 314 g/mol. The Labute approximate surface area is 135 Å². The van der Waals surface area contributed by atoms with Gasteiger partial charge in [-0.2, -0.15) is 0 Å². The lowest BCUT2D eigenvalue weighted by molar-refractivity contribution is 0.212. The maximum Gasteiger partial charge on any atom is 0.139 e. The van der Waals surface area contributed by atoms with Crippen LogP contribution < -0.4 is 11.5 Å². The topological polar surface area (TPSA) is 95.2 Å². The van der Waals surface area contributed by atoms with Gasteiger partial charge in [-0.25, -0.2) is 0 Å². The summed E-state index contributed by atoms with van der Waals surface area (Å²) in [4.78, 5) is 9.24. The average molecular weight is 314 g/mol. The van der Waals surface area contributed by atoms with E-state index in [1.54, 1.807) is 0 Å². The van der Waals surface area contributed by atoms with Gasteiger partial charge >= 0.3 is 0 Å². The molecular formula is C16H34N4O2. The van der Waals surface area contributed by atoms with Crippen LogP contribution in [0.2, 0.25) is 0 Å². The predicted molar refractivity (Wildman–Crippen MR) is 92.7 cm³/mol. The summed E-state index contributed by atoms with van der Waals surface area (Å²) >= 11 is 0. The summed E-state index contributed by atoms with van der Waals surface area (Å²) < 4.78 is 0. The van der Waals surface area contributed by atoms with E-state index in [2.05, 4.69) is 20.0 Å². The van der Waals surface area contributed by atoms with Crippen LogP contribution in [-0.4, -0.2) is 25.9 Å². The molecule has 6 heteroatoms. The van der Waals surface area contributed by atoms with Gasteiger partial charge in [0.05, 0.1) is 0 Å². The van der Waals surface area contributed by atoms with E-state index in [9.17, 15) is 0 Å². The van der Waals surface area contributed by atoms with Crippen LogP contribution in [-0.2, 0) is 9.68 Å². The second-order valence-corrected chi connectivity index (χ2v) is 5.57. The van der Waals surface area contributed by atoms with Crippen molar-refractivity contribution in [2.24, 2.45) is 21.8 Å². The van der Waals surface area contributed by atoms with Crippen molar-refractivity contribution in [1.29, 1.82) is 0 Å². The van der Waals surface area contributed by atoms with E-state index in [1.165, 1.54) is 65.6 Å². The van der Waals surface area contributed by atoms with E-state index in [0.717, 1.165) is 25.7 Å². The number of amidine groups is 2. The molecule has 0 aliphatic rings. The third kappa shape index (κ3) is 14.9. The van der Waals surface area contributed by atoms with Gasteiger partial charge in [-0.15, -0.1) is 0 Å². The SMILES string of the molecule is CO/N=C(\N)CCCCCCCCCCCC/C(N)=N/OC. The van der Waals surface area contributed by atoms with Crippen molar-refractivity contribution in [3.05, 3.63) is 0 Å². The van der Waals surface area contributed by atoms with Gasteiger partial charge in [0.1, 0.15) is 25.9 Å². The van der Waals surface area contributed by atoms with Crippen LogP contribution in [0.1, 0.15) is 77.0 Å². The number of nitrogens with two attached hydrogens (primary N) is 2. The van der Waals surface area contributed by atoms with Gasteiger partial charge in [-0.1, -0.05) is 61.7 Å². The van der Waals surface area contributed by atoms with Crippen molar-refractivity contribution in [2.75, 3.05) is 14.2 Å². The fourth-order valence-electron chi connectivity index (χ4n) is 2.35. The molecule has 0 aliphatic heterocycles. The summed E-state index contributed by atoms with van der Waals surface area (Å²) in [6, 6.07) is 0. The summed E-state index contributed by atoms with van der Waals surface area (Å²) in [7, 11) is 3.05. The molecule has 0 radical (unpaired) electrons. The van der Waals surface area contributed by atoms with Crippen molar-refractivity contribution in [3.8, 4) is 0 Å². The zero-order chi connectivity index (χ0) is 16.5. The van der Waals surface area contributed by atoms with Gasteiger partial charge in [-0.3, -0.25) is 0 Å². The summed E-state index contributed by atoms with van der Waals surface area (Å²) in [5, 5.41) is 7.40. The molecule has 0 fully saturated rings. The van der Waals surface area contributed by atoms with Crippen molar-refractivity contribution < 1.29 is 9.68 Å². The molecule has 6 nitrogen and oxygen atoms in total. The van der Waals surface area contributed by atoms with Crippen LogP contribution in [0.25, 0.3) is 0 Å². The number of unbranched alkanes of at least 4 members (excludes halogenated alkanes) is 9. The van der Waals surface area contributed by atoms with Gasteiger partial charge < -0.3 is 21.1 Å². The minimum Gasteiger partial charge on any atom is -0.398 e. The highest BCUT2D eigenvalue weighted by atomic mass is 16.6. The first-order chi connectivity index (χ1) is 10.7. The third-order valence-electron chi connectivity index (χ3n) is 3.53. The Morgan fingerprint density at radius 1 is 0.591 bits per heavy atom. The maximum atomic E-state index is 5.64. The second kappa shape index (κ2) is 15.9. The lowest BCUT2D eigenvalue weighted by atomic mass is 10.0. The Bertz CT molecular complexity index is 277. The third-order valence-corrected chi connectivity index (χ3v) is 3.53. The molecule has 130 valence electrons. The van der Waals surface area contributed by atoms with Crippen molar-refractivity contribution in [2.45, 2.75) is 77.0 Å². The molecule has 0 spiro atoms. The fraction of sp³-hybridized carbons (Fsp3) is 0.875. The summed E-state index contributed by atoms with van der Waals surface area (Å²) in [6.07, 6.45) is 14.2. The predicted octanol–water partition coefficient (Wildman–Crippen LogP) is 3.50. The number of rotatable bonds is 15. The molecule has 0 aromatic heterocycles. The molecule has 4 N–H and O–H groups in total. The Hall–Kier alpha value is -1.46. The molecule has 0 aromatic carbocycles. The largest absolute Gasteiger partial charge is 0.398 e. The molecule has 0 rings (SSSR count). The summed E-state index contributed by atoms with van der Waals surface area (Å²) in [5.41, 5.74) is 11.3. The summed E-state index contributed by atoms with van der Waals surface area (Å²) in [5.74, 6) is 1.19. The molecular weight excluding hydrogens is 280 g/mol. The zero-order valence-corrected chi connectivity index (χ0v) is 14.4. The van der Waals surface area contributed by atoms with E-state index >= 15 is 0 Å². The molecule has 22 heavy (non-hydrogen) atoms. The quantitative estimate of drug-likeness (QED) is 0.209. The van der Waals surface area contributed by atoms with Gasteiger partial charge in [0.15, 0.2) is 0 Å². The normalized spacial score (nSPS) is 12.5. The molecule has 0 saturated heterocycles. The fourth-order valence-corrected chi connectivity index (χ4v) is 2.35. The van der Waals surface area contributed by atoms with Crippen LogP contribution >= 0.6 is 0 Å². The Morgan fingerprint density at radius 3 is 1.14 bits per heavy atom. The lowest BCUT2D eigenvalue weighted by Gasteiger charge is -2.03. The maximum absolute atomic E-state index is 5.64. The number of oxime groups is 2. The minimum atomic E-state index is 0.596. The van der Waals surface area contributed by atoms with Crippen LogP contribution in [0.15, 0.2) is 10.3 Å². The molecule has 0 atom stereocenters. The molecule has 0 aromatic rings. The van der Waals surface area contributed by atoms with E-state index in [0.29, 0.717) is 11.7 Å². The lowest BCUT2D eigenvalue weighted by Crippen LogP contribution is -2.11. The van der Waals surface area contributed by atoms with E-state index in [4.69, 9.17) is 11.5 Å². The standard InChI is InChI=1S/C16H34N4O2/c1-21-19-15(17)13-11-9-7-5-3-4-6-8-10-12-14-16(18)20-22-2/h3-14H2,1-2H3,(H2,17,19)(H2,18,20). The number of hydrogen-bond donors (Lipinski definition) is 2. The molecule has 0 bridgehead atoms. The first-order valence-corrected chi connectivity index (χ1v) is 8.41. The van der Waals surface area contributed by atoms with Crippen LogP contribution in [0.5, 0.6) is 0 Å². The van der Waals surface area contributed by atoms with Gasteiger partial charge in [0.25, 0.3) is 0 Å². The van der Waals surface area contributed by atoms with Gasteiger partial charge in [-0.05, 0) is 12.8 Å². The molecule has 0 unspecified atom stereocenters. The Balaban J connectivity index is 3.18. The van der Waals surface area contributed by atoms with Gasteiger partial charge in [0, 0.05) is 12.8 Å². The number of hydrogen-bond acceptors (Lipinski definition) is 4. The highest BCUT2D eigenvalue weighted by molar-refractivity contribution is 5.79. The molecule has 0 heterocycles. The molecule has 0 amide bonds. The van der Waals surface area contributed by atoms with E-state index in [1.807, 2.05) is 0 Å². The van der Waals surface area contributed by atoms with Crippen LogP contribution in [0.3, 0.4) is 0 Å². The second-order valence-electron chi connectivity index (χ2n) is 5.57. The highest BCUT2D eigenvalue weighted by Gasteiger charge is 1.97.